The third kappa shape index (κ3) is 3.75. The van der Waals surface area contributed by atoms with Crippen molar-refractivity contribution >= 4 is 28.7 Å². The number of carbonyl (C=O) groups is 3. The van der Waals surface area contributed by atoms with Crippen LogP contribution in [-0.4, -0.2) is 47.6 Å². The summed E-state index contributed by atoms with van der Waals surface area (Å²) in [5.74, 6) is -0.739. The first kappa shape index (κ1) is 19.9. The minimum Gasteiger partial charge on any atom is -0.466 e. The van der Waals surface area contributed by atoms with Crippen molar-refractivity contribution < 1.29 is 23.9 Å². The molecule has 3 heterocycles. The van der Waals surface area contributed by atoms with Gasteiger partial charge in [-0.1, -0.05) is 24.3 Å². The van der Waals surface area contributed by atoms with Gasteiger partial charge in [0.25, 0.3) is 0 Å². The zero-order valence-electron chi connectivity index (χ0n) is 17.0. The number of para-hydroxylation sites is 1. The number of benzene rings is 1. The van der Waals surface area contributed by atoms with Gasteiger partial charge in [0.2, 0.25) is 5.91 Å². The van der Waals surface area contributed by atoms with E-state index in [2.05, 4.69) is 11.0 Å². The van der Waals surface area contributed by atoms with Gasteiger partial charge in [-0.25, -0.2) is 4.79 Å². The highest BCUT2D eigenvalue weighted by Gasteiger charge is 2.37. The summed E-state index contributed by atoms with van der Waals surface area (Å²) < 4.78 is 11.7. The summed E-state index contributed by atoms with van der Waals surface area (Å²) in [6.07, 6.45) is 6.16. The molecule has 0 amide bonds. The van der Waals surface area contributed by atoms with Crippen LogP contribution in [-0.2, 0) is 19.1 Å². The molecule has 1 aromatic carbocycles. The van der Waals surface area contributed by atoms with Crippen molar-refractivity contribution in [3.8, 4) is 0 Å². The van der Waals surface area contributed by atoms with Crippen LogP contribution < -0.4 is 0 Å². The fourth-order valence-electron chi connectivity index (χ4n) is 4.35. The molecule has 7 nitrogen and oxygen atoms in total. The lowest BCUT2D eigenvalue weighted by molar-refractivity contribution is -0.141. The first-order valence-electron chi connectivity index (χ1n) is 9.98. The fraction of sp³-hybridized carbons (Fsp3) is 0.348. The Morgan fingerprint density at radius 1 is 1.27 bits per heavy atom. The predicted octanol–water partition coefficient (Wildman–Crippen LogP) is 3.22. The maximum atomic E-state index is 13.2. The molecule has 2 bridgehead atoms. The Bertz CT molecular complexity index is 1060. The van der Waals surface area contributed by atoms with Gasteiger partial charge < -0.3 is 14.4 Å². The number of esters is 2. The molecule has 2 aliphatic rings. The van der Waals surface area contributed by atoms with Gasteiger partial charge in [0.1, 0.15) is 6.61 Å². The number of ether oxygens (including phenoxy) is 2. The van der Waals surface area contributed by atoms with Gasteiger partial charge in [-0.05, 0) is 30.0 Å². The molecule has 0 radical (unpaired) electrons. The summed E-state index contributed by atoms with van der Waals surface area (Å²) in [6, 6.07) is 9.91. The van der Waals surface area contributed by atoms with E-state index in [0.29, 0.717) is 13.0 Å². The SMILES string of the molecule is COC(=O)C=CC1=CN(CCOC(C)=O)[C@H]2C[C@@H]1CC(=O)n1c2cc2ccccc21. The number of allylic oxidation sites excluding steroid dienone is 2. The Hall–Kier alpha value is -3.35. The molecule has 1 aromatic heterocycles. The van der Waals surface area contributed by atoms with E-state index in [0.717, 1.165) is 28.6 Å². The fourth-order valence-corrected chi connectivity index (χ4v) is 4.35. The summed E-state index contributed by atoms with van der Waals surface area (Å²) in [5, 5.41) is 1.03. The highest BCUT2D eigenvalue weighted by Crippen LogP contribution is 2.43. The normalized spacial score (nSPS) is 20.7. The number of hydrogen-bond donors (Lipinski definition) is 0. The molecule has 2 atom stereocenters. The van der Waals surface area contributed by atoms with Crippen molar-refractivity contribution in [2.24, 2.45) is 5.92 Å². The molecule has 0 aliphatic carbocycles. The predicted molar refractivity (Wildman–Crippen MR) is 111 cm³/mol. The first-order chi connectivity index (χ1) is 14.5. The lowest BCUT2D eigenvalue weighted by atomic mass is 9.85. The van der Waals surface area contributed by atoms with Gasteiger partial charge in [0.05, 0.1) is 25.2 Å². The molecular weight excluding hydrogens is 384 g/mol. The number of methoxy groups -OCH3 is 1. The van der Waals surface area contributed by atoms with E-state index in [1.165, 1.54) is 20.1 Å². The third-order valence-electron chi connectivity index (χ3n) is 5.71. The Morgan fingerprint density at radius 2 is 2.07 bits per heavy atom. The van der Waals surface area contributed by atoms with E-state index in [4.69, 9.17) is 9.47 Å². The Labute approximate surface area is 174 Å². The summed E-state index contributed by atoms with van der Waals surface area (Å²) in [4.78, 5) is 38.1. The molecule has 30 heavy (non-hydrogen) atoms. The van der Waals surface area contributed by atoms with Gasteiger partial charge >= 0.3 is 11.9 Å². The number of rotatable bonds is 5. The van der Waals surface area contributed by atoms with E-state index < -0.39 is 5.97 Å². The molecule has 0 unspecified atom stereocenters. The molecular formula is C23H24N2O5. The van der Waals surface area contributed by atoms with Gasteiger partial charge in [-0.2, -0.15) is 0 Å². The van der Waals surface area contributed by atoms with E-state index in [1.807, 2.05) is 35.0 Å². The van der Waals surface area contributed by atoms with Gasteiger partial charge in [-0.15, -0.1) is 0 Å². The molecule has 0 fully saturated rings. The van der Waals surface area contributed by atoms with Gasteiger partial charge in [0, 0.05) is 36.7 Å². The first-order valence-corrected chi connectivity index (χ1v) is 9.98. The van der Waals surface area contributed by atoms with Crippen LogP contribution in [0.5, 0.6) is 0 Å². The summed E-state index contributed by atoms with van der Waals surface area (Å²) in [5.41, 5.74) is 2.73. The maximum Gasteiger partial charge on any atom is 0.330 e. The molecule has 2 aromatic rings. The highest BCUT2D eigenvalue weighted by molar-refractivity contribution is 5.94. The molecule has 0 spiro atoms. The van der Waals surface area contributed by atoms with E-state index in [1.54, 1.807) is 6.08 Å². The molecule has 0 saturated heterocycles. The van der Waals surface area contributed by atoms with Gasteiger partial charge in [0.15, 0.2) is 0 Å². The molecule has 156 valence electrons. The smallest absolute Gasteiger partial charge is 0.330 e. The van der Waals surface area contributed by atoms with Crippen molar-refractivity contribution in [1.29, 1.82) is 0 Å². The number of nitrogens with zero attached hydrogens (tertiary/aromatic N) is 2. The summed E-state index contributed by atoms with van der Waals surface area (Å²) in [6.45, 7) is 2.12. The van der Waals surface area contributed by atoms with Crippen LogP contribution in [0.1, 0.15) is 36.3 Å². The maximum absolute atomic E-state index is 13.2. The van der Waals surface area contributed by atoms with Crippen molar-refractivity contribution in [2.75, 3.05) is 20.3 Å². The lowest BCUT2D eigenvalue weighted by Crippen LogP contribution is -2.33. The quantitative estimate of drug-likeness (QED) is 0.558. The van der Waals surface area contributed by atoms with Crippen molar-refractivity contribution in [3.63, 3.8) is 0 Å². The number of carbonyl (C=O) groups excluding carboxylic acids is 3. The van der Waals surface area contributed by atoms with Crippen molar-refractivity contribution in [2.45, 2.75) is 25.8 Å². The van der Waals surface area contributed by atoms with Crippen LogP contribution >= 0.6 is 0 Å². The van der Waals surface area contributed by atoms with Crippen LogP contribution in [0.3, 0.4) is 0 Å². The third-order valence-corrected chi connectivity index (χ3v) is 5.71. The standard InChI is InChI=1S/C23H24N2O5/c1-15(26)30-10-9-24-14-17(7-8-23(28)29-2)18-12-20(24)21-11-16-5-3-4-6-19(16)25(21)22(27)13-18/h3-8,11,14,18,20H,9-10,12-13H2,1-2H3/t18-,20+/m1/s1. The molecule has 4 rings (SSSR count). The van der Waals surface area contributed by atoms with Crippen molar-refractivity contribution in [1.82, 2.24) is 9.47 Å². The monoisotopic (exact) mass is 408 g/mol. The van der Waals surface area contributed by atoms with E-state index in [-0.39, 0.29) is 30.4 Å². The van der Waals surface area contributed by atoms with Crippen LogP contribution in [0.25, 0.3) is 10.9 Å². The van der Waals surface area contributed by atoms with Crippen LogP contribution in [0.4, 0.5) is 0 Å². The van der Waals surface area contributed by atoms with Crippen LogP contribution in [0.2, 0.25) is 0 Å². The molecule has 0 N–H and O–H groups in total. The summed E-state index contributed by atoms with van der Waals surface area (Å²) in [7, 11) is 1.33. The zero-order chi connectivity index (χ0) is 21.3. The number of fused-ring (bicyclic) bond motifs is 6. The van der Waals surface area contributed by atoms with E-state index in [9.17, 15) is 14.4 Å². The Morgan fingerprint density at radius 3 is 2.83 bits per heavy atom. The minimum absolute atomic E-state index is 0.00737. The van der Waals surface area contributed by atoms with Gasteiger partial charge in [-0.3, -0.25) is 14.2 Å². The average Bonchev–Trinajstić information content (AvgIpc) is 3.06. The lowest BCUT2D eigenvalue weighted by Gasteiger charge is -2.37. The summed E-state index contributed by atoms with van der Waals surface area (Å²) >= 11 is 0. The number of aromatic nitrogens is 1. The molecule has 0 saturated carbocycles. The van der Waals surface area contributed by atoms with Crippen LogP contribution in [0.15, 0.2) is 54.3 Å². The average molecular weight is 408 g/mol. The Kier molecular flexibility index (Phi) is 5.44. The minimum atomic E-state index is -0.443. The number of hydrogen-bond acceptors (Lipinski definition) is 6. The second-order valence-corrected chi connectivity index (χ2v) is 7.57. The largest absolute Gasteiger partial charge is 0.466 e. The zero-order valence-corrected chi connectivity index (χ0v) is 17.0. The second-order valence-electron chi connectivity index (χ2n) is 7.57. The van der Waals surface area contributed by atoms with E-state index >= 15 is 0 Å². The molecule has 2 aliphatic heterocycles. The second kappa shape index (κ2) is 8.18. The highest BCUT2D eigenvalue weighted by atomic mass is 16.5. The Balaban J connectivity index is 1.75. The molecule has 7 heteroatoms. The van der Waals surface area contributed by atoms with Crippen molar-refractivity contribution in [3.05, 3.63) is 60.0 Å². The topological polar surface area (TPSA) is 77.8 Å². The van der Waals surface area contributed by atoms with Crippen LogP contribution in [0, 0.1) is 5.92 Å².